The molecule has 1 aliphatic rings. The van der Waals surface area contributed by atoms with E-state index < -0.39 is 11.2 Å². The van der Waals surface area contributed by atoms with Crippen LogP contribution in [0.1, 0.15) is 32.3 Å². The zero-order chi connectivity index (χ0) is 19.8. The van der Waals surface area contributed by atoms with Gasteiger partial charge in [0, 0.05) is 0 Å². The lowest BCUT2D eigenvalue weighted by atomic mass is 10.1. The molecule has 27 heavy (non-hydrogen) atoms. The van der Waals surface area contributed by atoms with Crippen LogP contribution in [-0.2, 0) is 9.59 Å². The first-order valence-electron chi connectivity index (χ1n) is 8.50. The van der Waals surface area contributed by atoms with E-state index in [0.29, 0.717) is 24.0 Å². The number of carbonyl (C=O) groups excluding carboxylic acids is 1. The Labute approximate surface area is 162 Å². The number of ether oxygens (including phenoxy) is 2. The van der Waals surface area contributed by atoms with Gasteiger partial charge in [-0.15, -0.1) is 5.10 Å². The maximum atomic E-state index is 11.7. The normalized spacial score (nSPS) is 18.3. The molecule has 0 radical (unpaired) electrons. The van der Waals surface area contributed by atoms with Crippen LogP contribution in [0.2, 0.25) is 0 Å². The van der Waals surface area contributed by atoms with E-state index in [0.717, 1.165) is 23.7 Å². The summed E-state index contributed by atoms with van der Waals surface area (Å²) in [6.45, 7) is 4.85. The van der Waals surface area contributed by atoms with Crippen molar-refractivity contribution in [2.45, 2.75) is 31.9 Å². The average Bonchev–Trinajstić information content (AvgIpc) is 2.93. The molecule has 1 atom stereocenters. The van der Waals surface area contributed by atoms with E-state index in [1.807, 2.05) is 6.07 Å². The summed E-state index contributed by atoms with van der Waals surface area (Å²) < 4.78 is 11.1. The number of amidine groups is 1. The molecule has 0 bridgehead atoms. The van der Waals surface area contributed by atoms with Crippen molar-refractivity contribution in [3.05, 3.63) is 23.8 Å². The fraction of sp³-hybridized carbons (Fsp3) is 0.444. The molecular weight excluding hydrogens is 370 g/mol. The highest BCUT2D eigenvalue weighted by Gasteiger charge is 2.32. The van der Waals surface area contributed by atoms with Crippen LogP contribution < -0.4 is 14.8 Å². The van der Waals surface area contributed by atoms with Gasteiger partial charge in [-0.25, -0.2) is 0 Å². The number of benzene rings is 1. The number of thioether (sulfide) groups is 1. The number of carboxylic acids is 1. The average molecular weight is 393 g/mol. The number of nitrogens with zero attached hydrogens (tertiary/aromatic N) is 2. The molecule has 9 heteroatoms. The van der Waals surface area contributed by atoms with Crippen molar-refractivity contribution in [2.75, 3.05) is 13.7 Å². The Morgan fingerprint density at radius 1 is 1.41 bits per heavy atom. The number of carboxylic acid groups (broad SMARTS) is 1. The standard InChI is InChI=1S/C18H23N3O5S/c1-11(2)6-7-26-14-8-12(4-5-13(14)25-3)10-19-21-18-20-17(24)15(27-18)9-16(22)23/h4-5,8,10-11,15H,6-7,9H2,1-3H3,(H,22,23)(H,20,21,24). The Balaban J connectivity index is 2.02. The fourth-order valence-electron chi connectivity index (χ4n) is 2.18. The Hall–Kier alpha value is -2.55. The monoisotopic (exact) mass is 393 g/mol. The Kier molecular flexibility index (Phi) is 7.66. The number of aliphatic carboxylic acids is 1. The van der Waals surface area contributed by atoms with Gasteiger partial charge in [-0.05, 0) is 36.1 Å². The molecule has 2 rings (SSSR count). The highest BCUT2D eigenvalue weighted by molar-refractivity contribution is 8.15. The van der Waals surface area contributed by atoms with Crippen LogP contribution in [0.5, 0.6) is 11.5 Å². The zero-order valence-corrected chi connectivity index (χ0v) is 16.3. The zero-order valence-electron chi connectivity index (χ0n) is 15.5. The third-order valence-corrected chi connectivity index (χ3v) is 4.70. The van der Waals surface area contributed by atoms with Crippen LogP contribution in [0.15, 0.2) is 28.4 Å². The van der Waals surface area contributed by atoms with E-state index in [-0.39, 0.29) is 17.5 Å². The first kappa shape index (κ1) is 20.8. The Bertz CT molecular complexity index is 749. The molecular formula is C18H23N3O5S. The van der Waals surface area contributed by atoms with Gasteiger partial charge in [0.1, 0.15) is 5.25 Å². The first-order valence-corrected chi connectivity index (χ1v) is 9.38. The first-order chi connectivity index (χ1) is 12.9. The summed E-state index contributed by atoms with van der Waals surface area (Å²) in [4.78, 5) is 22.4. The van der Waals surface area contributed by atoms with Crippen molar-refractivity contribution < 1.29 is 24.2 Å². The second-order valence-corrected chi connectivity index (χ2v) is 7.48. The molecule has 1 fully saturated rings. The van der Waals surface area contributed by atoms with Crippen molar-refractivity contribution in [3.8, 4) is 11.5 Å². The van der Waals surface area contributed by atoms with Crippen molar-refractivity contribution in [3.63, 3.8) is 0 Å². The van der Waals surface area contributed by atoms with Gasteiger partial charge in [-0.3, -0.25) is 9.59 Å². The molecule has 1 aliphatic heterocycles. The van der Waals surface area contributed by atoms with Crippen LogP contribution in [0.4, 0.5) is 0 Å². The number of nitrogens with one attached hydrogen (secondary N) is 1. The second-order valence-electron chi connectivity index (χ2n) is 6.28. The predicted octanol–water partition coefficient (Wildman–Crippen LogP) is 2.52. The number of hydrogen-bond donors (Lipinski definition) is 2. The maximum Gasteiger partial charge on any atom is 0.305 e. The highest BCUT2D eigenvalue weighted by atomic mass is 32.2. The van der Waals surface area contributed by atoms with Gasteiger partial charge >= 0.3 is 5.97 Å². The third kappa shape index (κ3) is 6.59. The summed E-state index contributed by atoms with van der Waals surface area (Å²) in [7, 11) is 1.58. The summed E-state index contributed by atoms with van der Waals surface area (Å²) >= 11 is 1.06. The molecule has 0 saturated carbocycles. The summed E-state index contributed by atoms with van der Waals surface area (Å²) in [5.74, 6) is 0.398. The highest BCUT2D eigenvalue weighted by Crippen LogP contribution is 2.28. The molecule has 1 heterocycles. The summed E-state index contributed by atoms with van der Waals surface area (Å²) in [6, 6.07) is 5.40. The van der Waals surface area contributed by atoms with E-state index in [4.69, 9.17) is 14.6 Å². The maximum absolute atomic E-state index is 11.7. The molecule has 1 aromatic carbocycles. The predicted molar refractivity (Wildman–Crippen MR) is 105 cm³/mol. The number of amides is 1. The Morgan fingerprint density at radius 2 is 2.19 bits per heavy atom. The molecule has 8 nitrogen and oxygen atoms in total. The van der Waals surface area contributed by atoms with E-state index in [1.165, 1.54) is 6.21 Å². The van der Waals surface area contributed by atoms with Gasteiger partial charge in [0.05, 0.1) is 26.4 Å². The largest absolute Gasteiger partial charge is 0.493 e. The smallest absolute Gasteiger partial charge is 0.305 e. The lowest BCUT2D eigenvalue weighted by molar-refractivity contribution is -0.138. The molecule has 0 aromatic heterocycles. The van der Waals surface area contributed by atoms with Crippen LogP contribution in [0.3, 0.4) is 0 Å². The minimum atomic E-state index is -1.03. The SMILES string of the molecule is COc1ccc(C=NN=C2NC(=O)C(CC(=O)O)S2)cc1OCCC(C)C. The topological polar surface area (TPSA) is 110 Å². The molecule has 1 unspecified atom stereocenters. The van der Waals surface area contributed by atoms with Gasteiger partial charge in [0.25, 0.3) is 0 Å². The third-order valence-electron chi connectivity index (χ3n) is 3.63. The lowest BCUT2D eigenvalue weighted by Gasteiger charge is -2.12. The lowest BCUT2D eigenvalue weighted by Crippen LogP contribution is -2.26. The molecule has 0 aliphatic carbocycles. The quantitative estimate of drug-likeness (QED) is 0.493. The minimum Gasteiger partial charge on any atom is -0.493 e. The summed E-state index contributed by atoms with van der Waals surface area (Å²) in [5.41, 5.74) is 0.760. The van der Waals surface area contributed by atoms with Gasteiger partial charge < -0.3 is 19.9 Å². The molecule has 2 N–H and O–H groups in total. The van der Waals surface area contributed by atoms with Crippen molar-refractivity contribution in [2.24, 2.45) is 16.1 Å². The molecule has 1 aromatic rings. The molecule has 1 amide bonds. The summed E-state index contributed by atoms with van der Waals surface area (Å²) in [5, 5.41) is 18.8. The van der Waals surface area contributed by atoms with Crippen LogP contribution >= 0.6 is 11.8 Å². The molecule has 146 valence electrons. The van der Waals surface area contributed by atoms with Crippen molar-refractivity contribution >= 4 is 35.0 Å². The van der Waals surface area contributed by atoms with Crippen molar-refractivity contribution in [1.82, 2.24) is 5.32 Å². The van der Waals surface area contributed by atoms with Crippen LogP contribution in [0, 0.1) is 5.92 Å². The van der Waals surface area contributed by atoms with E-state index >= 15 is 0 Å². The van der Waals surface area contributed by atoms with E-state index in [1.54, 1.807) is 19.2 Å². The van der Waals surface area contributed by atoms with Crippen LogP contribution in [0.25, 0.3) is 0 Å². The van der Waals surface area contributed by atoms with Gasteiger partial charge in [0.15, 0.2) is 16.7 Å². The second kappa shape index (κ2) is 9.96. The van der Waals surface area contributed by atoms with Crippen LogP contribution in [-0.4, -0.2) is 47.3 Å². The molecule has 0 spiro atoms. The fourth-order valence-corrected chi connectivity index (χ4v) is 3.10. The van der Waals surface area contributed by atoms with Gasteiger partial charge in [-0.2, -0.15) is 5.10 Å². The van der Waals surface area contributed by atoms with E-state index in [2.05, 4.69) is 29.4 Å². The van der Waals surface area contributed by atoms with Gasteiger partial charge in [-0.1, -0.05) is 25.6 Å². The van der Waals surface area contributed by atoms with Gasteiger partial charge in [0.2, 0.25) is 5.91 Å². The molecule has 1 saturated heterocycles. The number of rotatable bonds is 9. The number of carbonyl (C=O) groups is 2. The number of methoxy groups -OCH3 is 1. The van der Waals surface area contributed by atoms with E-state index in [9.17, 15) is 9.59 Å². The minimum absolute atomic E-state index is 0.255. The summed E-state index contributed by atoms with van der Waals surface area (Å²) in [6.07, 6.45) is 2.21. The number of hydrogen-bond acceptors (Lipinski definition) is 7. The Morgan fingerprint density at radius 3 is 2.85 bits per heavy atom. The van der Waals surface area contributed by atoms with Crippen molar-refractivity contribution in [1.29, 1.82) is 0 Å².